The molecule has 0 spiro atoms. The predicted molar refractivity (Wildman–Crippen MR) is 56.8 cm³/mol. The second-order valence-corrected chi connectivity index (χ2v) is 4.23. The molecule has 1 N–H and O–H groups in total. The number of hydrogen-bond acceptors (Lipinski definition) is 5. The summed E-state index contributed by atoms with van der Waals surface area (Å²) in [4.78, 5) is 14.7. The van der Waals surface area contributed by atoms with Crippen molar-refractivity contribution in [3.63, 3.8) is 0 Å². The highest BCUT2D eigenvalue weighted by Crippen LogP contribution is 2.16. The molecule has 0 aliphatic carbocycles. The summed E-state index contributed by atoms with van der Waals surface area (Å²) in [5.74, 6) is -3.39. The molecule has 2 aromatic rings. The van der Waals surface area contributed by atoms with E-state index >= 15 is 0 Å². The van der Waals surface area contributed by atoms with E-state index in [4.69, 9.17) is 0 Å². The van der Waals surface area contributed by atoms with E-state index in [0.717, 1.165) is 23.6 Å². The molecule has 0 atom stereocenters. The number of nitrogens with one attached hydrogen (secondary N) is 1. The van der Waals surface area contributed by atoms with Gasteiger partial charge in [0.15, 0.2) is 5.82 Å². The molecule has 2 aromatic heterocycles. The van der Waals surface area contributed by atoms with Gasteiger partial charge in [-0.05, 0) is 13.0 Å². The van der Waals surface area contributed by atoms with Crippen molar-refractivity contribution in [2.24, 2.45) is 0 Å². The third kappa shape index (κ3) is 2.41. The Balaban J connectivity index is 2.23. The molecule has 0 unspecified atom stereocenters. The highest BCUT2D eigenvalue weighted by molar-refractivity contribution is 7.15. The summed E-state index contributed by atoms with van der Waals surface area (Å²) in [5.41, 5.74) is -0.426. The highest BCUT2D eigenvalue weighted by Gasteiger charge is 2.17. The smallest absolute Gasteiger partial charge is 0.260 e. The Morgan fingerprint density at radius 2 is 2.18 bits per heavy atom. The number of rotatable bonds is 2. The molecule has 0 aliphatic heterocycles. The van der Waals surface area contributed by atoms with Crippen LogP contribution in [0.5, 0.6) is 0 Å². The molecular weight excluding hydrogens is 250 g/mol. The summed E-state index contributed by atoms with van der Waals surface area (Å²) in [5, 5.41) is 10.5. The Kier molecular flexibility index (Phi) is 3.05. The van der Waals surface area contributed by atoms with Crippen LogP contribution in [0.2, 0.25) is 0 Å². The average molecular weight is 256 g/mol. The minimum Gasteiger partial charge on any atom is -0.296 e. The molecule has 2 heterocycles. The Hall–Kier alpha value is -1.96. The Morgan fingerprint density at radius 3 is 2.82 bits per heavy atom. The summed E-state index contributed by atoms with van der Waals surface area (Å²) >= 11 is 1.13. The molecule has 1 amide bonds. The molecule has 0 radical (unpaired) electrons. The molecule has 0 bridgehead atoms. The van der Waals surface area contributed by atoms with Crippen LogP contribution in [0.1, 0.15) is 15.4 Å². The highest BCUT2D eigenvalue weighted by atomic mass is 32.1. The average Bonchev–Trinajstić information content (AvgIpc) is 2.68. The number of aryl methyl sites for hydroxylation is 1. The maximum atomic E-state index is 13.2. The first kappa shape index (κ1) is 11.5. The number of amides is 1. The van der Waals surface area contributed by atoms with Crippen molar-refractivity contribution in [1.29, 1.82) is 0 Å². The Morgan fingerprint density at radius 1 is 1.41 bits per heavy atom. The molecule has 2 rings (SSSR count). The third-order valence-corrected chi connectivity index (χ3v) is 2.59. The van der Waals surface area contributed by atoms with E-state index in [0.29, 0.717) is 5.01 Å². The summed E-state index contributed by atoms with van der Waals surface area (Å²) in [6, 6.07) is 1.08. The zero-order chi connectivity index (χ0) is 12.4. The van der Waals surface area contributed by atoms with Crippen molar-refractivity contribution in [2.75, 3.05) is 5.32 Å². The summed E-state index contributed by atoms with van der Waals surface area (Å²) < 4.78 is 26.0. The maximum Gasteiger partial charge on any atom is 0.260 e. The number of pyridine rings is 1. The van der Waals surface area contributed by atoms with Crippen LogP contribution in [0.4, 0.5) is 13.9 Å². The molecule has 0 fully saturated rings. The molecule has 88 valence electrons. The number of carbonyl (C=O) groups is 1. The van der Waals surface area contributed by atoms with E-state index in [1.54, 1.807) is 6.92 Å². The lowest BCUT2D eigenvalue weighted by atomic mass is 10.2. The van der Waals surface area contributed by atoms with E-state index in [1.165, 1.54) is 0 Å². The van der Waals surface area contributed by atoms with Gasteiger partial charge in [0, 0.05) is 6.20 Å². The minimum atomic E-state index is -1.31. The molecule has 17 heavy (non-hydrogen) atoms. The Bertz CT molecular complexity index is 572. The maximum absolute atomic E-state index is 13.2. The molecular formula is C9H6F2N4OS. The second kappa shape index (κ2) is 4.50. The van der Waals surface area contributed by atoms with Gasteiger partial charge < -0.3 is 0 Å². The molecule has 0 saturated heterocycles. The number of hydrogen-bond donors (Lipinski definition) is 1. The SMILES string of the molecule is Cc1nnc(NC(=O)c2ccnc(F)c2F)s1. The summed E-state index contributed by atoms with van der Waals surface area (Å²) in [7, 11) is 0. The first-order valence-electron chi connectivity index (χ1n) is 4.49. The van der Waals surface area contributed by atoms with Gasteiger partial charge in [0.2, 0.25) is 11.1 Å². The van der Waals surface area contributed by atoms with Crippen LogP contribution in [-0.4, -0.2) is 21.1 Å². The van der Waals surface area contributed by atoms with Crippen LogP contribution >= 0.6 is 11.3 Å². The first-order valence-corrected chi connectivity index (χ1v) is 5.31. The predicted octanol–water partition coefficient (Wildman–Crippen LogP) is 1.77. The van der Waals surface area contributed by atoms with Crippen LogP contribution in [0.25, 0.3) is 0 Å². The van der Waals surface area contributed by atoms with Gasteiger partial charge in [0.05, 0.1) is 5.56 Å². The van der Waals surface area contributed by atoms with Crippen LogP contribution in [0, 0.1) is 18.7 Å². The molecule has 0 saturated carbocycles. The number of halogens is 2. The monoisotopic (exact) mass is 256 g/mol. The molecule has 0 aliphatic rings. The first-order chi connectivity index (χ1) is 8.08. The number of anilines is 1. The molecule has 5 nitrogen and oxygen atoms in total. The van der Waals surface area contributed by atoms with E-state index < -0.39 is 23.2 Å². The van der Waals surface area contributed by atoms with Crippen molar-refractivity contribution in [3.05, 3.63) is 34.6 Å². The van der Waals surface area contributed by atoms with E-state index in [2.05, 4.69) is 20.5 Å². The largest absolute Gasteiger partial charge is 0.296 e. The number of nitrogens with zero attached hydrogens (tertiary/aromatic N) is 3. The number of carbonyl (C=O) groups excluding carboxylic acids is 1. The fraction of sp³-hybridized carbons (Fsp3) is 0.111. The van der Waals surface area contributed by atoms with Crippen LogP contribution in [-0.2, 0) is 0 Å². The van der Waals surface area contributed by atoms with Gasteiger partial charge in [-0.2, -0.15) is 4.39 Å². The lowest BCUT2D eigenvalue weighted by molar-refractivity contribution is 0.102. The fourth-order valence-electron chi connectivity index (χ4n) is 1.11. The van der Waals surface area contributed by atoms with Gasteiger partial charge in [-0.1, -0.05) is 11.3 Å². The van der Waals surface area contributed by atoms with E-state index in [1.807, 2.05) is 0 Å². The fourth-order valence-corrected chi connectivity index (χ4v) is 1.69. The van der Waals surface area contributed by atoms with E-state index in [9.17, 15) is 13.6 Å². The van der Waals surface area contributed by atoms with Crippen molar-refractivity contribution in [2.45, 2.75) is 6.92 Å². The van der Waals surface area contributed by atoms with Crippen LogP contribution in [0.3, 0.4) is 0 Å². The van der Waals surface area contributed by atoms with Gasteiger partial charge in [-0.3, -0.25) is 10.1 Å². The zero-order valence-corrected chi connectivity index (χ0v) is 9.39. The minimum absolute atomic E-state index is 0.226. The van der Waals surface area contributed by atoms with Crippen molar-refractivity contribution in [1.82, 2.24) is 15.2 Å². The van der Waals surface area contributed by atoms with Crippen molar-refractivity contribution in [3.8, 4) is 0 Å². The second-order valence-electron chi connectivity index (χ2n) is 3.04. The summed E-state index contributed by atoms with van der Waals surface area (Å²) in [6.07, 6.45) is 1.01. The molecule has 8 heteroatoms. The van der Waals surface area contributed by atoms with Crippen molar-refractivity contribution < 1.29 is 13.6 Å². The third-order valence-electron chi connectivity index (χ3n) is 1.84. The lowest BCUT2D eigenvalue weighted by Gasteiger charge is -2.02. The van der Waals surface area contributed by atoms with E-state index in [-0.39, 0.29) is 5.13 Å². The standard InChI is InChI=1S/C9H6F2N4OS/c1-4-14-15-9(17-4)13-8(16)5-2-3-12-7(11)6(5)10/h2-3H,1H3,(H,13,15,16). The lowest BCUT2D eigenvalue weighted by Crippen LogP contribution is -2.14. The summed E-state index contributed by atoms with van der Waals surface area (Å²) in [6.45, 7) is 1.71. The van der Waals surface area contributed by atoms with Gasteiger partial charge in [-0.25, -0.2) is 9.37 Å². The van der Waals surface area contributed by atoms with Gasteiger partial charge in [-0.15, -0.1) is 10.2 Å². The number of aromatic nitrogens is 3. The van der Waals surface area contributed by atoms with Crippen LogP contribution in [0.15, 0.2) is 12.3 Å². The Labute approximate surface area is 98.5 Å². The normalized spacial score (nSPS) is 10.3. The topological polar surface area (TPSA) is 67.8 Å². The van der Waals surface area contributed by atoms with Gasteiger partial charge in [0.25, 0.3) is 5.91 Å². The quantitative estimate of drug-likeness (QED) is 0.831. The van der Waals surface area contributed by atoms with Crippen molar-refractivity contribution >= 4 is 22.4 Å². The van der Waals surface area contributed by atoms with Gasteiger partial charge >= 0.3 is 0 Å². The van der Waals surface area contributed by atoms with Gasteiger partial charge in [0.1, 0.15) is 5.01 Å². The zero-order valence-electron chi connectivity index (χ0n) is 8.57. The van der Waals surface area contributed by atoms with Crippen LogP contribution < -0.4 is 5.32 Å². The molecule has 0 aromatic carbocycles.